The highest BCUT2D eigenvalue weighted by molar-refractivity contribution is 6.06. The highest BCUT2D eigenvalue weighted by Gasteiger charge is 2.18. The summed E-state index contributed by atoms with van der Waals surface area (Å²) in [5.74, 6) is -1.10. The summed E-state index contributed by atoms with van der Waals surface area (Å²) in [5, 5.41) is 7.54. The molecule has 0 saturated carbocycles. The number of fused-ring (bicyclic) bond motifs is 1. The molecule has 0 bridgehead atoms. The molecule has 28 heavy (non-hydrogen) atoms. The molecule has 0 saturated heterocycles. The van der Waals surface area contributed by atoms with Gasteiger partial charge in [0.2, 0.25) is 0 Å². The molecule has 0 spiro atoms. The van der Waals surface area contributed by atoms with Crippen molar-refractivity contribution in [2.75, 3.05) is 0 Å². The minimum absolute atomic E-state index is 0.234. The molecule has 1 N–H and O–H groups in total. The predicted molar refractivity (Wildman–Crippen MR) is 101 cm³/mol. The van der Waals surface area contributed by atoms with Crippen LogP contribution in [-0.4, -0.2) is 20.7 Å². The smallest absolute Gasteiger partial charge is 0.252 e. The Morgan fingerprint density at radius 3 is 2.61 bits per heavy atom. The number of benzene rings is 2. The Kier molecular flexibility index (Phi) is 4.57. The number of amides is 1. The summed E-state index contributed by atoms with van der Waals surface area (Å²) in [5.41, 5.74) is 2.24. The van der Waals surface area contributed by atoms with Crippen LogP contribution in [0.1, 0.15) is 15.9 Å². The standard InChI is InChI=1S/C21H16F2N4O/c1-27-20-17(12-25-27)16(10-19(26-20)15-4-2-3-5-18(15)23)21(28)24-11-13-6-8-14(22)9-7-13/h2-10,12H,11H2,1H3,(H,24,28). The molecule has 0 atom stereocenters. The van der Waals surface area contributed by atoms with Crippen LogP contribution in [0.3, 0.4) is 0 Å². The van der Waals surface area contributed by atoms with Crippen LogP contribution in [0.2, 0.25) is 0 Å². The van der Waals surface area contributed by atoms with Crippen LogP contribution in [0.5, 0.6) is 0 Å². The van der Waals surface area contributed by atoms with Gasteiger partial charge in [-0.1, -0.05) is 24.3 Å². The third kappa shape index (κ3) is 3.34. The summed E-state index contributed by atoms with van der Waals surface area (Å²) in [4.78, 5) is 17.3. The van der Waals surface area contributed by atoms with Gasteiger partial charge in [0.15, 0.2) is 5.65 Å². The van der Waals surface area contributed by atoms with E-state index < -0.39 is 5.82 Å². The number of halogens is 2. The maximum atomic E-state index is 14.2. The van der Waals surface area contributed by atoms with Crippen LogP contribution in [-0.2, 0) is 13.6 Å². The second kappa shape index (κ2) is 7.19. The van der Waals surface area contributed by atoms with Gasteiger partial charge in [0, 0.05) is 19.2 Å². The Hall–Kier alpha value is -3.61. The molecule has 0 aliphatic carbocycles. The molecule has 4 aromatic rings. The monoisotopic (exact) mass is 378 g/mol. The molecule has 1 amide bonds. The number of aromatic nitrogens is 3. The molecule has 5 nitrogen and oxygen atoms in total. The Balaban J connectivity index is 1.72. The third-order valence-electron chi connectivity index (χ3n) is 4.47. The molecule has 0 aliphatic heterocycles. The van der Waals surface area contributed by atoms with Gasteiger partial charge in [-0.2, -0.15) is 5.10 Å². The van der Waals surface area contributed by atoms with E-state index in [2.05, 4.69) is 15.4 Å². The number of hydrogen-bond acceptors (Lipinski definition) is 3. The lowest BCUT2D eigenvalue weighted by Gasteiger charge is -2.09. The third-order valence-corrected chi connectivity index (χ3v) is 4.47. The fourth-order valence-corrected chi connectivity index (χ4v) is 2.99. The number of nitrogens with one attached hydrogen (secondary N) is 1. The van der Waals surface area contributed by atoms with Gasteiger partial charge in [0.25, 0.3) is 5.91 Å². The number of pyridine rings is 1. The summed E-state index contributed by atoms with van der Waals surface area (Å²) in [6.07, 6.45) is 1.56. The van der Waals surface area contributed by atoms with E-state index >= 15 is 0 Å². The van der Waals surface area contributed by atoms with Crippen molar-refractivity contribution in [3.8, 4) is 11.3 Å². The first-order valence-corrected chi connectivity index (χ1v) is 8.63. The molecule has 2 aromatic heterocycles. The predicted octanol–water partition coefficient (Wildman–Crippen LogP) is 3.84. The lowest BCUT2D eigenvalue weighted by atomic mass is 10.1. The summed E-state index contributed by atoms with van der Waals surface area (Å²) < 4.78 is 28.8. The number of nitrogens with zero attached hydrogens (tertiary/aromatic N) is 3. The lowest BCUT2D eigenvalue weighted by Crippen LogP contribution is -2.23. The summed E-state index contributed by atoms with van der Waals surface area (Å²) in [7, 11) is 1.71. The van der Waals surface area contributed by atoms with E-state index in [4.69, 9.17) is 0 Å². The van der Waals surface area contributed by atoms with Crippen molar-refractivity contribution < 1.29 is 13.6 Å². The zero-order valence-electron chi connectivity index (χ0n) is 15.0. The van der Waals surface area contributed by atoms with Crippen LogP contribution in [0.25, 0.3) is 22.3 Å². The van der Waals surface area contributed by atoms with Crippen molar-refractivity contribution in [1.82, 2.24) is 20.1 Å². The number of carbonyl (C=O) groups is 1. The van der Waals surface area contributed by atoms with Crippen molar-refractivity contribution in [2.24, 2.45) is 7.05 Å². The fourth-order valence-electron chi connectivity index (χ4n) is 2.99. The Morgan fingerprint density at radius 2 is 1.86 bits per heavy atom. The minimum Gasteiger partial charge on any atom is -0.348 e. The Labute approximate surface area is 159 Å². The topological polar surface area (TPSA) is 59.8 Å². The highest BCUT2D eigenvalue weighted by atomic mass is 19.1. The van der Waals surface area contributed by atoms with Crippen LogP contribution in [0, 0.1) is 11.6 Å². The second-order valence-corrected chi connectivity index (χ2v) is 6.35. The van der Waals surface area contributed by atoms with E-state index in [0.29, 0.717) is 27.9 Å². The minimum atomic E-state index is -0.422. The van der Waals surface area contributed by atoms with Gasteiger partial charge >= 0.3 is 0 Å². The number of carbonyl (C=O) groups excluding carboxylic acids is 1. The maximum Gasteiger partial charge on any atom is 0.252 e. The first-order valence-electron chi connectivity index (χ1n) is 8.63. The van der Waals surface area contributed by atoms with E-state index in [0.717, 1.165) is 5.56 Å². The van der Waals surface area contributed by atoms with Crippen LogP contribution in [0.4, 0.5) is 8.78 Å². The average Bonchev–Trinajstić information content (AvgIpc) is 3.08. The zero-order chi connectivity index (χ0) is 19.7. The number of aryl methyl sites for hydroxylation is 1. The Morgan fingerprint density at radius 1 is 1.11 bits per heavy atom. The normalized spacial score (nSPS) is 11.0. The highest BCUT2D eigenvalue weighted by Crippen LogP contribution is 2.26. The van der Waals surface area contributed by atoms with Gasteiger partial charge in [-0.3, -0.25) is 9.48 Å². The summed E-state index contributed by atoms with van der Waals surface area (Å²) >= 11 is 0. The lowest BCUT2D eigenvalue weighted by molar-refractivity contribution is 0.0952. The van der Waals surface area contributed by atoms with Gasteiger partial charge in [-0.05, 0) is 35.9 Å². The van der Waals surface area contributed by atoms with Gasteiger partial charge in [0.1, 0.15) is 11.6 Å². The van der Waals surface area contributed by atoms with E-state index in [9.17, 15) is 13.6 Å². The first kappa shape index (κ1) is 17.8. The van der Waals surface area contributed by atoms with Crippen molar-refractivity contribution in [1.29, 1.82) is 0 Å². The van der Waals surface area contributed by atoms with E-state index in [-0.39, 0.29) is 18.3 Å². The molecule has 7 heteroatoms. The molecular weight excluding hydrogens is 362 g/mol. The molecular formula is C21H16F2N4O. The largest absolute Gasteiger partial charge is 0.348 e. The number of hydrogen-bond donors (Lipinski definition) is 1. The van der Waals surface area contributed by atoms with Crippen LogP contribution < -0.4 is 5.32 Å². The molecule has 140 valence electrons. The van der Waals surface area contributed by atoms with Crippen molar-refractivity contribution >= 4 is 16.9 Å². The van der Waals surface area contributed by atoms with Gasteiger partial charge < -0.3 is 5.32 Å². The van der Waals surface area contributed by atoms with Gasteiger partial charge in [-0.25, -0.2) is 13.8 Å². The quantitative estimate of drug-likeness (QED) is 0.587. The molecule has 2 aromatic carbocycles. The summed E-state index contributed by atoms with van der Waals surface area (Å²) in [6.45, 7) is 0.234. The van der Waals surface area contributed by atoms with Crippen LogP contribution >= 0.6 is 0 Å². The fraction of sp³-hybridized carbons (Fsp3) is 0.0952. The van der Waals surface area contributed by atoms with Crippen LogP contribution in [0.15, 0.2) is 60.8 Å². The maximum absolute atomic E-state index is 14.2. The zero-order valence-corrected chi connectivity index (χ0v) is 15.0. The molecule has 0 fully saturated rings. The van der Waals surface area contributed by atoms with Gasteiger partial charge in [-0.15, -0.1) is 0 Å². The van der Waals surface area contributed by atoms with Crippen molar-refractivity contribution in [3.05, 3.63) is 83.6 Å². The molecule has 0 unspecified atom stereocenters. The van der Waals surface area contributed by atoms with E-state index in [1.807, 2.05) is 0 Å². The summed E-state index contributed by atoms with van der Waals surface area (Å²) in [6, 6.07) is 13.7. The average molecular weight is 378 g/mol. The number of rotatable bonds is 4. The second-order valence-electron chi connectivity index (χ2n) is 6.35. The molecule has 0 aliphatic rings. The van der Waals surface area contributed by atoms with Crippen molar-refractivity contribution in [2.45, 2.75) is 6.54 Å². The van der Waals surface area contributed by atoms with E-state index in [1.165, 1.54) is 22.9 Å². The molecule has 4 rings (SSSR count). The molecule has 0 radical (unpaired) electrons. The van der Waals surface area contributed by atoms with Crippen molar-refractivity contribution in [3.63, 3.8) is 0 Å². The van der Waals surface area contributed by atoms with E-state index in [1.54, 1.807) is 49.6 Å². The SMILES string of the molecule is Cn1ncc2c(C(=O)NCc3ccc(F)cc3)cc(-c3ccccc3F)nc21. The van der Waals surface area contributed by atoms with Gasteiger partial charge in [0.05, 0.1) is 22.8 Å². The molecule has 2 heterocycles. The first-order chi connectivity index (χ1) is 13.5. The Bertz CT molecular complexity index is 1170.